The molecular formula is C14H23N5O9S. The van der Waals surface area contributed by atoms with Gasteiger partial charge in [0.25, 0.3) is 0 Å². The Morgan fingerprint density at radius 3 is 1.66 bits per heavy atom. The largest absolute Gasteiger partial charge is 0.481 e. The van der Waals surface area contributed by atoms with Crippen molar-refractivity contribution in [1.29, 1.82) is 0 Å². The molecule has 4 amide bonds. The van der Waals surface area contributed by atoms with Gasteiger partial charge in [-0.3, -0.25) is 24.0 Å². The van der Waals surface area contributed by atoms with Crippen LogP contribution >= 0.6 is 12.6 Å². The number of thiol groups is 1. The first-order chi connectivity index (χ1) is 13.4. The molecule has 29 heavy (non-hydrogen) atoms. The number of carbonyl (C=O) groups is 6. The topological polar surface area (TPSA) is 251 Å². The Kier molecular flexibility index (Phi) is 11.3. The summed E-state index contributed by atoms with van der Waals surface area (Å²) in [6, 6.07) is -6.23. The molecule has 10 N–H and O–H groups in total. The Morgan fingerprint density at radius 1 is 0.828 bits per heavy atom. The molecule has 0 saturated heterocycles. The zero-order chi connectivity index (χ0) is 22.7. The highest BCUT2D eigenvalue weighted by Gasteiger charge is 2.31. The van der Waals surface area contributed by atoms with Gasteiger partial charge in [0.2, 0.25) is 23.6 Å². The Labute approximate surface area is 169 Å². The first-order valence-electron chi connectivity index (χ1n) is 8.04. The van der Waals surface area contributed by atoms with Crippen molar-refractivity contribution in [3.63, 3.8) is 0 Å². The zero-order valence-corrected chi connectivity index (χ0v) is 15.9. The van der Waals surface area contributed by atoms with E-state index < -0.39 is 79.2 Å². The number of hydrogen-bond acceptors (Lipinski definition) is 9. The number of aliphatic hydroxyl groups excluding tert-OH is 1. The minimum Gasteiger partial charge on any atom is -0.481 e. The fourth-order valence-corrected chi connectivity index (χ4v) is 2.05. The van der Waals surface area contributed by atoms with E-state index >= 15 is 0 Å². The van der Waals surface area contributed by atoms with Crippen molar-refractivity contribution < 1.29 is 44.1 Å². The highest BCUT2D eigenvalue weighted by Crippen LogP contribution is 2.00. The summed E-state index contributed by atoms with van der Waals surface area (Å²) in [4.78, 5) is 69.4. The summed E-state index contributed by atoms with van der Waals surface area (Å²) in [6.45, 7) is -0.975. The molecule has 0 saturated carbocycles. The molecule has 0 aromatic carbocycles. The van der Waals surface area contributed by atoms with Crippen molar-refractivity contribution in [3.05, 3.63) is 0 Å². The van der Waals surface area contributed by atoms with Gasteiger partial charge in [-0.2, -0.15) is 12.6 Å². The van der Waals surface area contributed by atoms with Crippen LogP contribution in [0.5, 0.6) is 0 Å². The van der Waals surface area contributed by atoms with Crippen LogP contribution in [0.3, 0.4) is 0 Å². The number of primary amides is 1. The average molecular weight is 437 g/mol. The van der Waals surface area contributed by atoms with Crippen LogP contribution < -0.4 is 27.4 Å². The first-order valence-corrected chi connectivity index (χ1v) is 8.67. The third-order valence-electron chi connectivity index (χ3n) is 3.38. The molecule has 0 aliphatic carbocycles. The van der Waals surface area contributed by atoms with Crippen LogP contribution in [-0.2, 0) is 28.8 Å². The minimum absolute atomic E-state index is 0.0995. The summed E-state index contributed by atoms with van der Waals surface area (Å²) < 4.78 is 0. The van der Waals surface area contributed by atoms with Crippen LogP contribution in [-0.4, -0.2) is 87.4 Å². The molecule has 164 valence electrons. The van der Waals surface area contributed by atoms with Gasteiger partial charge < -0.3 is 42.7 Å². The van der Waals surface area contributed by atoms with Crippen LogP contribution in [0.4, 0.5) is 0 Å². The number of aliphatic carboxylic acids is 2. The van der Waals surface area contributed by atoms with Gasteiger partial charge in [0, 0.05) is 5.75 Å². The molecule has 0 aliphatic rings. The van der Waals surface area contributed by atoms with Crippen LogP contribution in [0.2, 0.25) is 0 Å². The third-order valence-corrected chi connectivity index (χ3v) is 3.77. The van der Waals surface area contributed by atoms with Crippen molar-refractivity contribution in [2.24, 2.45) is 11.5 Å². The number of nitrogens with two attached hydrogens (primary N) is 2. The van der Waals surface area contributed by atoms with Gasteiger partial charge in [-0.1, -0.05) is 0 Å². The molecule has 0 heterocycles. The minimum atomic E-state index is -1.72. The summed E-state index contributed by atoms with van der Waals surface area (Å²) in [6.07, 6.45) is -1.64. The number of carbonyl (C=O) groups excluding carboxylic acids is 4. The van der Waals surface area contributed by atoms with Gasteiger partial charge in [0.1, 0.15) is 18.1 Å². The molecular weight excluding hydrogens is 414 g/mol. The molecule has 14 nitrogen and oxygen atoms in total. The zero-order valence-electron chi connectivity index (χ0n) is 15.0. The number of nitrogens with one attached hydrogen (secondary N) is 3. The molecule has 0 bridgehead atoms. The van der Waals surface area contributed by atoms with E-state index in [0.717, 1.165) is 0 Å². The predicted octanol–water partition coefficient (Wildman–Crippen LogP) is -4.88. The lowest BCUT2D eigenvalue weighted by molar-refractivity contribution is -0.144. The van der Waals surface area contributed by atoms with E-state index in [4.69, 9.17) is 26.8 Å². The molecule has 0 aliphatic heterocycles. The van der Waals surface area contributed by atoms with E-state index in [1.54, 1.807) is 0 Å². The fraction of sp³-hybridized carbons (Fsp3) is 0.571. The van der Waals surface area contributed by atoms with Crippen LogP contribution in [0, 0.1) is 0 Å². The van der Waals surface area contributed by atoms with Crippen LogP contribution in [0.25, 0.3) is 0 Å². The number of carboxylic acid groups (broad SMARTS) is 2. The lowest BCUT2D eigenvalue weighted by Gasteiger charge is -2.23. The number of rotatable bonds is 13. The maximum atomic E-state index is 12.4. The quantitative estimate of drug-likeness (QED) is 0.124. The second kappa shape index (κ2) is 12.5. The number of aliphatic hydroxyl groups is 1. The highest BCUT2D eigenvalue weighted by molar-refractivity contribution is 7.80. The lowest BCUT2D eigenvalue weighted by Crippen LogP contribution is -2.58. The Bertz CT molecular complexity index is 659. The molecule has 0 fully saturated rings. The van der Waals surface area contributed by atoms with Gasteiger partial charge in [-0.05, 0) is 0 Å². The molecule has 0 aromatic heterocycles. The smallest absolute Gasteiger partial charge is 0.328 e. The summed E-state index contributed by atoms with van der Waals surface area (Å²) in [5.41, 5.74) is 10.4. The molecule has 0 aromatic rings. The number of hydrogen-bond donors (Lipinski definition) is 9. The molecule has 4 unspecified atom stereocenters. The van der Waals surface area contributed by atoms with Crippen LogP contribution in [0.15, 0.2) is 0 Å². The van der Waals surface area contributed by atoms with E-state index in [9.17, 15) is 28.8 Å². The summed E-state index contributed by atoms with van der Waals surface area (Å²) >= 11 is 3.80. The van der Waals surface area contributed by atoms with Crippen molar-refractivity contribution in [3.8, 4) is 0 Å². The molecule has 0 spiro atoms. The number of amides is 4. The van der Waals surface area contributed by atoms with Crippen molar-refractivity contribution in [2.45, 2.75) is 37.0 Å². The van der Waals surface area contributed by atoms with Crippen molar-refractivity contribution in [2.75, 3.05) is 12.4 Å². The van der Waals surface area contributed by atoms with E-state index in [0.29, 0.717) is 0 Å². The molecule has 15 heteroatoms. The highest BCUT2D eigenvalue weighted by atomic mass is 32.1. The second-order valence-electron chi connectivity index (χ2n) is 5.76. The Hall–Kier alpha value is -2.91. The van der Waals surface area contributed by atoms with E-state index in [2.05, 4.69) is 17.9 Å². The summed E-state index contributed by atoms with van der Waals surface area (Å²) in [5, 5.41) is 32.7. The Balaban J connectivity index is 5.42. The summed E-state index contributed by atoms with van der Waals surface area (Å²) in [5.74, 6) is -7.41. The first kappa shape index (κ1) is 26.1. The molecule has 0 radical (unpaired) electrons. The fourth-order valence-electron chi connectivity index (χ4n) is 1.89. The SMILES string of the molecule is NC(=O)CC(NC(=O)C(CC(=O)O)NC(=O)C(N)CS)C(=O)NC(CO)C(=O)O. The maximum Gasteiger partial charge on any atom is 0.328 e. The van der Waals surface area contributed by atoms with E-state index in [1.807, 2.05) is 10.6 Å². The van der Waals surface area contributed by atoms with E-state index in [1.165, 1.54) is 0 Å². The normalized spacial score (nSPS) is 14.6. The standard InChI is InChI=1S/C14H23N5O9S/c15-5(4-29)11(24)17-7(2-10(22)23)13(26)18-6(1-9(16)21)12(25)19-8(3-20)14(27)28/h5-8,20,29H,1-4,15H2,(H2,16,21)(H,17,24)(H,18,26)(H,19,25)(H,22,23)(H,27,28). The van der Waals surface area contributed by atoms with Gasteiger partial charge in [-0.25, -0.2) is 4.79 Å². The van der Waals surface area contributed by atoms with Crippen molar-refractivity contribution in [1.82, 2.24) is 16.0 Å². The second-order valence-corrected chi connectivity index (χ2v) is 6.13. The molecule has 4 atom stereocenters. The van der Waals surface area contributed by atoms with Gasteiger partial charge in [0.15, 0.2) is 0 Å². The summed E-state index contributed by atoms with van der Waals surface area (Å²) in [7, 11) is 0. The third kappa shape index (κ3) is 9.72. The predicted molar refractivity (Wildman–Crippen MR) is 98.4 cm³/mol. The average Bonchev–Trinajstić information content (AvgIpc) is 2.62. The van der Waals surface area contributed by atoms with Crippen molar-refractivity contribution >= 4 is 48.2 Å². The molecule has 0 rings (SSSR count). The van der Waals surface area contributed by atoms with Crippen LogP contribution in [0.1, 0.15) is 12.8 Å². The number of carboxylic acids is 2. The Morgan fingerprint density at radius 2 is 1.28 bits per heavy atom. The lowest BCUT2D eigenvalue weighted by atomic mass is 10.1. The monoisotopic (exact) mass is 437 g/mol. The maximum absolute atomic E-state index is 12.4. The van der Waals surface area contributed by atoms with Gasteiger partial charge in [-0.15, -0.1) is 0 Å². The van der Waals surface area contributed by atoms with E-state index in [-0.39, 0.29) is 5.75 Å². The van der Waals surface area contributed by atoms with Gasteiger partial charge in [0.05, 0.1) is 25.5 Å². The van der Waals surface area contributed by atoms with Gasteiger partial charge >= 0.3 is 11.9 Å².